The monoisotopic (exact) mass is 199 g/mol. The van der Waals surface area contributed by atoms with Crippen LogP contribution in [0.3, 0.4) is 0 Å². The van der Waals surface area contributed by atoms with E-state index in [1.807, 2.05) is 12.1 Å². The smallest absolute Gasteiger partial charge is 0.0248 e. The van der Waals surface area contributed by atoms with Gasteiger partial charge in [-0.3, -0.25) is 0 Å². The lowest BCUT2D eigenvalue weighted by atomic mass is 9.76. The van der Waals surface area contributed by atoms with E-state index in [4.69, 9.17) is 12.2 Å². The van der Waals surface area contributed by atoms with Crippen LogP contribution >= 0.6 is 0 Å². The van der Waals surface area contributed by atoms with Crippen molar-refractivity contribution in [2.75, 3.05) is 0 Å². The third-order valence-electron chi connectivity index (χ3n) is 3.81. The predicted molar refractivity (Wildman–Crippen MR) is 63.6 cm³/mol. The summed E-state index contributed by atoms with van der Waals surface area (Å²) >= 11 is 0. The average molecular weight is 199 g/mol. The zero-order valence-electron chi connectivity index (χ0n) is 9.38. The van der Waals surface area contributed by atoms with Crippen molar-refractivity contribution in [2.45, 2.75) is 37.6 Å². The van der Waals surface area contributed by atoms with Crippen LogP contribution in [0.15, 0.2) is 24.3 Å². The summed E-state index contributed by atoms with van der Waals surface area (Å²) in [6, 6.07) is 8.18. The third-order valence-corrected chi connectivity index (χ3v) is 3.81. The maximum Gasteiger partial charge on any atom is 0.0248 e. The zero-order chi connectivity index (χ0) is 11.1. The maximum atomic E-state index is 6.29. The molecule has 1 saturated carbocycles. The molecule has 78 valence electrons. The van der Waals surface area contributed by atoms with Crippen LogP contribution in [0.25, 0.3) is 0 Å². The highest BCUT2D eigenvalue weighted by Gasteiger charge is 2.51. The fraction of sp³-hybridized carbons (Fsp3) is 0.429. The van der Waals surface area contributed by atoms with Crippen LogP contribution < -0.4 is 5.73 Å². The standard InChI is InChI=1S/C14H17N/c1-4-11-5-7-12(8-6-11)13(2,3)14(15)9-10-14/h1,5-8H,9-10,15H2,2-3H3. The molecule has 1 heteroatoms. The second-order valence-corrected chi connectivity index (χ2v) is 5.00. The number of benzene rings is 1. The molecule has 1 aliphatic carbocycles. The van der Waals surface area contributed by atoms with E-state index in [-0.39, 0.29) is 11.0 Å². The molecule has 0 aromatic heterocycles. The first kappa shape index (κ1) is 10.3. The average Bonchev–Trinajstić information content (AvgIpc) is 2.98. The van der Waals surface area contributed by atoms with Gasteiger partial charge in [-0.15, -0.1) is 6.42 Å². The van der Waals surface area contributed by atoms with Gasteiger partial charge in [0.2, 0.25) is 0 Å². The van der Waals surface area contributed by atoms with Gasteiger partial charge in [0.25, 0.3) is 0 Å². The number of terminal acetylenes is 1. The molecule has 0 saturated heterocycles. The molecule has 1 aromatic rings. The Labute approximate surface area is 91.7 Å². The second kappa shape index (κ2) is 3.12. The van der Waals surface area contributed by atoms with Crippen LogP contribution in [-0.4, -0.2) is 5.54 Å². The van der Waals surface area contributed by atoms with Crippen molar-refractivity contribution < 1.29 is 0 Å². The molecule has 1 aromatic carbocycles. The molecule has 0 aliphatic heterocycles. The molecular weight excluding hydrogens is 182 g/mol. The molecule has 0 bridgehead atoms. The van der Waals surface area contributed by atoms with Crippen molar-refractivity contribution >= 4 is 0 Å². The first-order valence-corrected chi connectivity index (χ1v) is 5.36. The van der Waals surface area contributed by atoms with E-state index in [1.165, 1.54) is 5.56 Å². The largest absolute Gasteiger partial charge is 0.324 e. The SMILES string of the molecule is C#Cc1ccc(C(C)(C)C2(N)CC2)cc1. The molecule has 2 N–H and O–H groups in total. The van der Waals surface area contributed by atoms with Crippen molar-refractivity contribution in [1.82, 2.24) is 0 Å². The summed E-state index contributed by atoms with van der Waals surface area (Å²) in [7, 11) is 0. The zero-order valence-corrected chi connectivity index (χ0v) is 9.38. The van der Waals surface area contributed by atoms with E-state index in [9.17, 15) is 0 Å². The van der Waals surface area contributed by atoms with Crippen molar-refractivity contribution in [3.63, 3.8) is 0 Å². The Hall–Kier alpha value is -1.26. The van der Waals surface area contributed by atoms with Crippen molar-refractivity contribution in [2.24, 2.45) is 5.73 Å². The summed E-state index contributed by atoms with van der Waals surface area (Å²) in [4.78, 5) is 0. The molecule has 1 aliphatic rings. The lowest BCUT2D eigenvalue weighted by Gasteiger charge is -2.32. The Balaban J connectivity index is 2.34. The summed E-state index contributed by atoms with van der Waals surface area (Å²) in [5.74, 6) is 2.63. The van der Waals surface area contributed by atoms with Gasteiger partial charge in [-0.2, -0.15) is 0 Å². The summed E-state index contributed by atoms with van der Waals surface area (Å²) in [6.45, 7) is 4.43. The first-order valence-electron chi connectivity index (χ1n) is 5.36. The lowest BCUT2D eigenvalue weighted by molar-refractivity contribution is 0.391. The first-order chi connectivity index (χ1) is 6.99. The molecule has 1 nitrogen and oxygen atoms in total. The lowest BCUT2D eigenvalue weighted by Crippen LogP contribution is -2.43. The number of nitrogens with two attached hydrogens (primary N) is 1. The molecule has 0 heterocycles. The van der Waals surface area contributed by atoms with Crippen molar-refractivity contribution in [1.29, 1.82) is 0 Å². The molecule has 1 fully saturated rings. The summed E-state index contributed by atoms with van der Waals surface area (Å²) in [6.07, 6.45) is 7.58. The van der Waals surface area contributed by atoms with E-state index in [2.05, 4.69) is 31.9 Å². The fourth-order valence-corrected chi connectivity index (χ4v) is 2.03. The topological polar surface area (TPSA) is 26.0 Å². The van der Waals surface area contributed by atoms with E-state index < -0.39 is 0 Å². The third kappa shape index (κ3) is 1.56. The molecular formula is C14H17N. The Morgan fingerprint density at radius 3 is 2.20 bits per heavy atom. The Bertz CT molecular complexity index is 402. The minimum atomic E-state index is -0.00927. The minimum Gasteiger partial charge on any atom is -0.324 e. The Morgan fingerprint density at radius 1 is 1.27 bits per heavy atom. The molecule has 2 rings (SSSR count). The van der Waals surface area contributed by atoms with E-state index >= 15 is 0 Å². The van der Waals surface area contributed by atoms with E-state index in [1.54, 1.807) is 0 Å². The maximum absolute atomic E-state index is 6.29. The van der Waals surface area contributed by atoms with E-state index in [0.29, 0.717) is 0 Å². The summed E-state index contributed by atoms with van der Waals surface area (Å²) in [5.41, 5.74) is 8.53. The van der Waals surface area contributed by atoms with Crippen LogP contribution in [0.2, 0.25) is 0 Å². The molecule has 0 unspecified atom stereocenters. The Kier molecular flexibility index (Phi) is 2.13. The van der Waals surface area contributed by atoms with Crippen molar-refractivity contribution in [3.8, 4) is 12.3 Å². The van der Waals surface area contributed by atoms with Gasteiger partial charge in [-0.1, -0.05) is 31.9 Å². The van der Waals surface area contributed by atoms with Gasteiger partial charge in [0.1, 0.15) is 0 Å². The van der Waals surface area contributed by atoms with Crippen LogP contribution in [-0.2, 0) is 5.41 Å². The number of rotatable bonds is 2. The van der Waals surface area contributed by atoms with Crippen LogP contribution in [0.4, 0.5) is 0 Å². The van der Waals surface area contributed by atoms with Gasteiger partial charge in [-0.25, -0.2) is 0 Å². The number of hydrogen-bond acceptors (Lipinski definition) is 1. The van der Waals surface area contributed by atoms with Gasteiger partial charge >= 0.3 is 0 Å². The van der Waals surface area contributed by atoms with E-state index in [0.717, 1.165) is 18.4 Å². The van der Waals surface area contributed by atoms with Crippen molar-refractivity contribution in [3.05, 3.63) is 35.4 Å². The quantitative estimate of drug-likeness (QED) is 0.727. The van der Waals surface area contributed by atoms with Gasteiger partial charge in [0.15, 0.2) is 0 Å². The molecule has 0 amide bonds. The fourth-order valence-electron chi connectivity index (χ4n) is 2.03. The Morgan fingerprint density at radius 2 is 1.80 bits per heavy atom. The predicted octanol–water partition coefficient (Wildman–Crippen LogP) is 2.44. The van der Waals surface area contributed by atoms with Gasteiger partial charge in [0, 0.05) is 16.5 Å². The molecule has 15 heavy (non-hydrogen) atoms. The van der Waals surface area contributed by atoms with Gasteiger partial charge < -0.3 is 5.73 Å². The minimum absolute atomic E-state index is 0.00927. The van der Waals surface area contributed by atoms with Gasteiger partial charge in [-0.05, 0) is 30.5 Å². The summed E-state index contributed by atoms with van der Waals surface area (Å²) in [5, 5.41) is 0. The highest BCUT2D eigenvalue weighted by atomic mass is 14.9. The molecule has 0 spiro atoms. The second-order valence-electron chi connectivity index (χ2n) is 5.00. The highest BCUT2D eigenvalue weighted by molar-refractivity contribution is 5.39. The van der Waals surface area contributed by atoms with Gasteiger partial charge in [0.05, 0.1) is 0 Å². The molecule has 0 atom stereocenters. The highest BCUT2D eigenvalue weighted by Crippen LogP contribution is 2.48. The molecule has 0 radical (unpaired) electrons. The summed E-state index contributed by atoms with van der Waals surface area (Å²) < 4.78 is 0. The van der Waals surface area contributed by atoms with Crippen LogP contribution in [0, 0.1) is 12.3 Å². The van der Waals surface area contributed by atoms with Crippen LogP contribution in [0.1, 0.15) is 37.8 Å². The number of hydrogen-bond donors (Lipinski definition) is 1. The van der Waals surface area contributed by atoms with Crippen LogP contribution in [0.5, 0.6) is 0 Å². The normalized spacial score (nSPS) is 18.3.